The summed E-state index contributed by atoms with van der Waals surface area (Å²) in [5.41, 5.74) is 1.07. The standard InChI is InChI=1S/C19H16N4O4S/c24-16(20-13-4-2-1-3-5-13)11-28-19-21-18(25)17(22-23-19)12-6-7-14-15(10-12)27-9-8-26-14/h1-7,10H,8-9,11H2,(H,20,24)(H,21,23,25). The van der Waals surface area contributed by atoms with Crippen molar-refractivity contribution in [1.29, 1.82) is 0 Å². The van der Waals surface area contributed by atoms with Gasteiger partial charge in [-0.1, -0.05) is 30.0 Å². The SMILES string of the molecule is O=C(CSc1nnc(-c2ccc3c(c2)OCCO3)c(=O)[nH]1)Nc1ccccc1. The van der Waals surface area contributed by atoms with E-state index in [1.54, 1.807) is 30.3 Å². The zero-order chi connectivity index (χ0) is 19.3. The number of nitrogens with one attached hydrogen (secondary N) is 2. The number of anilines is 1. The molecule has 1 aromatic heterocycles. The number of carbonyl (C=O) groups is 1. The second-order valence-corrected chi connectivity index (χ2v) is 6.83. The predicted octanol–water partition coefficient (Wildman–Crippen LogP) is 2.33. The predicted molar refractivity (Wildman–Crippen MR) is 105 cm³/mol. The number of H-pyrrole nitrogens is 1. The van der Waals surface area contributed by atoms with Gasteiger partial charge in [0.1, 0.15) is 13.2 Å². The Morgan fingerprint density at radius 2 is 1.86 bits per heavy atom. The van der Waals surface area contributed by atoms with E-state index in [9.17, 15) is 9.59 Å². The minimum absolute atomic E-state index is 0.100. The number of aromatic amines is 1. The number of rotatable bonds is 5. The molecule has 4 rings (SSSR count). The molecule has 0 radical (unpaired) electrons. The monoisotopic (exact) mass is 396 g/mol. The topological polar surface area (TPSA) is 106 Å². The molecular weight excluding hydrogens is 380 g/mol. The van der Waals surface area contributed by atoms with Crippen LogP contribution in [0.1, 0.15) is 0 Å². The average Bonchev–Trinajstić information content (AvgIpc) is 2.73. The number of thioether (sulfide) groups is 1. The number of ether oxygens (including phenoxy) is 2. The lowest BCUT2D eigenvalue weighted by molar-refractivity contribution is -0.113. The molecule has 28 heavy (non-hydrogen) atoms. The van der Waals surface area contributed by atoms with E-state index in [0.29, 0.717) is 36.0 Å². The van der Waals surface area contributed by atoms with E-state index >= 15 is 0 Å². The first-order valence-electron chi connectivity index (χ1n) is 8.54. The van der Waals surface area contributed by atoms with Gasteiger partial charge in [-0.05, 0) is 30.3 Å². The number of aromatic nitrogens is 3. The number of hydrogen-bond donors (Lipinski definition) is 2. The maximum absolute atomic E-state index is 12.4. The van der Waals surface area contributed by atoms with Crippen LogP contribution in [0.15, 0.2) is 58.5 Å². The third-order valence-corrected chi connectivity index (χ3v) is 4.75. The van der Waals surface area contributed by atoms with Gasteiger partial charge < -0.3 is 14.8 Å². The first-order chi connectivity index (χ1) is 13.7. The summed E-state index contributed by atoms with van der Waals surface area (Å²) in [4.78, 5) is 27.1. The van der Waals surface area contributed by atoms with Crippen LogP contribution in [0.2, 0.25) is 0 Å². The van der Waals surface area contributed by atoms with Crippen LogP contribution in [-0.2, 0) is 4.79 Å². The Bertz CT molecular complexity index is 1060. The Hall–Kier alpha value is -3.33. The summed E-state index contributed by atoms with van der Waals surface area (Å²) in [6.07, 6.45) is 0. The minimum Gasteiger partial charge on any atom is -0.486 e. The second-order valence-electron chi connectivity index (χ2n) is 5.87. The Kier molecular flexibility index (Phi) is 5.24. The van der Waals surface area contributed by atoms with E-state index in [-0.39, 0.29) is 22.5 Å². The highest BCUT2D eigenvalue weighted by Gasteiger charge is 2.15. The maximum atomic E-state index is 12.4. The molecule has 9 heteroatoms. The number of benzene rings is 2. The number of fused-ring (bicyclic) bond motifs is 1. The highest BCUT2D eigenvalue weighted by Crippen LogP contribution is 2.33. The Morgan fingerprint density at radius 3 is 2.64 bits per heavy atom. The number of para-hydroxylation sites is 1. The third-order valence-electron chi connectivity index (χ3n) is 3.89. The van der Waals surface area contributed by atoms with Crippen molar-refractivity contribution in [3.05, 3.63) is 58.9 Å². The summed E-state index contributed by atoms with van der Waals surface area (Å²) in [5.74, 6) is 1.11. The van der Waals surface area contributed by atoms with E-state index in [0.717, 1.165) is 11.8 Å². The molecular formula is C19H16N4O4S. The van der Waals surface area contributed by atoms with Crippen molar-refractivity contribution < 1.29 is 14.3 Å². The molecule has 0 saturated heterocycles. The van der Waals surface area contributed by atoms with Crippen LogP contribution in [-0.4, -0.2) is 40.1 Å². The Balaban J connectivity index is 1.43. The summed E-state index contributed by atoms with van der Waals surface area (Å²) < 4.78 is 11.0. The van der Waals surface area contributed by atoms with Crippen molar-refractivity contribution in [2.75, 3.05) is 24.3 Å². The van der Waals surface area contributed by atoms with Crippen molar-refractivity contribution in [2.45, 2.75) is 5.16 Å². The molecule has 0 fully saturated rings. The van der Waals surface area contributed by atoms with Gasteiger partial charge >= 0.3 is 0 Å². The summed E-state index contributed by atoms with van der Waals surface area (Å²) in [5, 5.41) is 11.1. The first-order valence-corrected chi connectivity index (χ1v) is 9.52. The molecule has 0 bridgehead atoms. The van der Waals surface area contributed by atoms with E-state index in [1.807, 2.05) is 18.2 Å². The molecule has 1 aliphatic rings. The largest absolute Gasteiger partial charge is 0.486 e. The maximum Gasteiger partial charge on any atom is 0.278 e. The molecule has 0 spiro atoms. The van der Waals surface area contributed by atoms with Gasteiger partial charge in [0.25, 0.3) is 5.56 Å². The molecule has 1 amide bonds. The van der Waals surface area contributed by atoms with Gasteiger partial charge in [0.05, 0.1) is 5.75 Å². The van der Waals surface area contributed by atoms with Gasteiger partial charge in [-0.15, -0.1) is 10.2 Å². The molecule has 3 aromatic rings. The molecule has 8 nitrogen and oxygen atoms in total. The van der Waals surface area contributed by atoms with Gasteiger partial charge in [-0.25, -0.2) is 0 Å². The van der Waals surface area contributed by atoms with E-state index in [1.165, 1.54) is 0 Å². The first kappa shape index (κ1) is 18.1. The number of amides is 1. The van der Waals surface area contributed by atoms with Crippen LogP contribution >= 0.6 is 11.8 Å². The van der Waals surface area contributed by atoms with Crippen LogP contribution in [0.25, 0.3) is 11.3 Å². The van der Waals surface area contributed by atoms with Gasteiger partial charge in [-0.3, -0.25) is 14.6 Å². The quantitative estimate of drug-likeness (QED) is 0.638. The smallest absolute Gasteiger partial charge is 0.278 e. The van der Waals surface area contributed by atoms with Crippen molar-refractivity contribution >= 4 is 23.4 Å². The fourth-order valence-electron chi connectivity index (χ4n) is 2.62. The molecule has 0 atom stereocenters. The molecule has 0 aliphatic carbocycles. The molecule has 1 aliphatic heterocycles. The fourth-order valence-corrected chi connectivity index (χ4v) is 3.22. The summed E-state index contributed by atoms with van der Waals surface area (Å²) >= 11 is 1.10. The number of carbonyl (C=O) groups excluding carboxylic acids is 1. The van der Waals surface area contributed by atoms with Crippen LogP contribution < -0.4 is 20.3 Å². The second kappa shape index (κ2) is 8.13. The molecule has 2 heterocycles. The molecule has 2 aromatic carbocycles. The zero-order valence-electron chi connectivity index (χ0n) is 14.7. The van der Waals surface area contributed by atoms with Gasteiger partial charge in [-0.2, -0.15) is 0 Å². The lowest BCUT2D eigenvalue weighted by atomic mass is 10.1. The highest BCUT2D eigenvalue weighted by atomic mass is 32.2. The van der Waals surface area contributed by atoms with Crippen LogP contribution in [0.5, 0.6) is 11.5 Å². The third kappa shape index (κ3) is 4.15. The lowest BCUT2D eigenvalue weighted by Gasteiger charge is -2.18. The van der Waals surface area contributed by atoms with Crippen LogP contribution in [0, 0.1) is 0 Å². The lowest BCUT2D eigenvalue weighted by Crippen LogP contribution is -2.18. The van der Waals surface area contributed by atoms with E-state index in [2.05, 4.69) is 20.5 Å². The highest BCUT2D eigenvalue weighted by molar-refractivity contribution is 7.99. The zero-order valence-corrected chi connectivity index (χ0v) is 15.5. The van der Waals surface area contributed by atoms with Crippen LogP contribution in [0.4, 0.5) is 5.69 Å². The molecule has 0 saturated carbocycles. The molecule has 142 valence electrons. The van der Waals surface area contributed by atoms with E-state index in [4.69, 9.17) is 9.47 Å². The van der Waals surface area contributed by atoms with E-state index < -0.39 is 5.56 Å². The normalized spacial score (nSPS) is 12.4. The van der Waals surface area contributed by atoms with Crippen LogP contribution in [0.3, 0.4) is 0 Å². The number of nitrogens with zero attached hydrogens (tertiary/aromatic N) is 2. The summed E-state index contributed by atoms with van der Waals surface area (Å²) in [7, 11) is 0. The van der Waals surface area contributed by atoms with Crippen molar-refractivity contribution in [3.8, 4) is 22.8 Å². The van der Waals surface area contributed by atoms with Crippen molar-refractivity contribution in [3.63, 3.8) is 0 Å². The van der Waals surface area contributed by atoms with Gasteiger partial charge in [0.15, 0.2) is 22.3 Å². The average molecular weight is 396 g/mol. The molecule has 2 N–H and O–H groups in total. The Labute approximate surface area is 164 Å². The summed E-state index contributed by atoms with van der Waals surface area (Å²) in [6.45, 7) is 0.954. The molecule has 0 unspecified atom stereocenters. The minimum atomic E-state index is -0.391. The summed E-state index contributed by atoms with van der Waals surface area (Å²) in [6, 6.07) is 14.3. The van der Waals surface area contributed by atoms with Crippen molar-refractivity contribution in [2.24, 2.45) is 0 Å². The van der Waals surface area contributed by atoms with Gasteiger partial charge in [0, 0.05) is 11.3 Å². The van der Waals surface area contributed by atoms with Crippen molar-refractivity contribution in [1.82, 2.24) is 15.2 Å². The fraction of sp³-hybridized carbons (Fsp3) is 0.158. The van der Waals surface area contributed by atoms with Gasteiger partial charge in [0.2, 0.25) is 5.91 Å². The number of hydrogen-bond acceptors (Lipinski definition) is 7. The Morgan fingerprint density at radius 1 is 1.07 bits per heavy atom.